The Morgan fingerprint density at radius 3 is 2.29 bits per heavy atom. The summed E-state index contributed by atoms with van der Waals surface area (Å²) in [5.41, 5.74) is 0.175. The molecule has 0 atom stereocenters. The van der Waals surface area contributed by atoms with Gasteiger partial charge in [-0.05, 0) is 66.2 Å². The first kappa shape index (κ1) is 18.5. The normalized spacial score (nSPS) is 10.5. The van der Waals surface area contributed by atoms with Crippen molar-refractivity contribution < 1.29 is 24.2 Å². The molecule has 1 N–H and O–H groups in total. The maximum Gasteiger partial charge on any atom is 0.343 e. The number of esters is 1. The highest BCUT2D eigenvalue weighted by atomic mass is 79.9. The summed E-state index contributed by atoms with van der Waals surface area (Å²) in [6, 6.07) is 9.19. The van der Waals surface area contributed by atoms with Crippen LogP contribution in [0.25, 0.3) is 0 Å². The van der Waals surface area contributed by atoms with E-state index in [2.05, 4.69) is 31.9 Å². The second-order valence-electron chi connectivity index (χ2n) is 5.15. The lowest BCUT2D eigenvalue weighted by Gasteiger charge is -2.12. The molecule has 0 saturated heterocycles. The molecular weight excluding hydrogens is 444 g/mol. The van der Waals surface area contributed by atoms with Gasteiger partial charge in [0.2, 0.25) is 0 Å². The maximum absolute atomic E-state index is 12.3. The smallest absolute Gasteiger partial charge is 0.343 e. The third kappa shape index (κ3) is 4.58. The van der Waals surface area contributed by atoms with E-state index in [9.17, 15) is 14.7 Å². The SMILES string of the molecule is CC(C)Oc1ccc(C(=O)Oc2ccc(Br)cc2C(=O)O)cc1Br. The Labute approximate surface area is 155 Å². The molecular formula is C17H14Br2O5. The Morgan fingerprint density at radius 1 is 1.04 bits per heavy atom. The van der Waals surface area contributed by atoms with Crippen molar-refractivity contribution in [2.75, 3.05) is 0 Å². The predicted molar refractivity (Wildman–Crippen MR) is 96.0 cm³/mol. The van der Waals surface area contributed by atoms with Crippen LogP contribution >= 0.6 is 31.9 Å². The minimum atomic E-state index is -1.18. The molecule has 2 aromatic rings. The van der Waals surface area contributed by atoms with Gasteiger partial charge in [-0.15, -0.1) is 0 Å². The van der Waals surface area contributed by atoms with E-state index in [1.165, 1.54) is 12.1 Å². The lowest BCUT2D eigenvalue weighted by atomic mass is 10.2. The molecule has 0 radical (unpaired) electrons. The highest BCUT2D eigenvalue weighted by Gasteiger charge is 2.17. The Kier molecular flexibility index (Phi) is 6.01. The highest BCUT2D eigenvalue weighted by Crippen LogP contribution is 2.28. The molecule has 0 aliphatic heterocycles. The van der Waals surface area contributed by atoms with Gasteiger partial charge in [0.05, 0.1) is 16.1 Å². The maximum atomic E-state index is 12.3. The van der Waals surface area contributed by atoms with Crippen LogP contribution < -0.4 is 9.47 Å². The first-order chi connectivity index (χ1) is 11.3. The van der Waals surface area contributed by atoms with Crippen molar-refractivity contribution in [3.63, 3.8) is 0 Å². The number of rotatable bonds is 5. The topological polar surface area (TPSA) is 72.8 Å². The van der Waals surface area contributed by atoms with Crippen LogP contribution in [0.4, 0.5) is 0 Å². The van der Waals surface area contributed by atoms with E-state index in [4.69, 9.17) is 9.47 Å². The van der Waals surface area contributed by atoms with Gasteiger partial charge >= 0.3 is 11.9 Å². The van der Waals surface area contributed by atoms with Crippen molar-refractivity contribution in [2.45, 2.75) is 20.0 Å². The number of carbonyl (C=O) groups is 2. The number of carboxylic acid groups (broad SMARTS) is 1. The number of hydrogen-bond donors (Lipinski definition) is 1. The summed E-state index contributed by atoms with van der Waals surface area (Å²) in [5, 5.41) is 9.20. The molecule has 0 aliphatic rings. The molecule has 126 valence electrons. The molecule has 0 aromatic heterocycles. The fourth-order valence-corrected chi connectivity index (χ4v) is 2.73. The molecule has 2 aromatic carbocycles. The highest BCUT2D eigenvalue weighted by molar-refractivity contribution is 9.10. The zero-order valence-electron chi connectivity index (χ0n) is 12.9. The van der Waals surface area contributed by atoms with Gasteiger partial charge in [0, 0.05) is 4.47 Å². The van der Waals surface area contributed by atoms with E-state index in [0.29, 0.717) is 14.7 Å². The quantitative estimate of drug-likeness (QED) is 0.509. The fraction of sp³-hybridized carbons (Fsp3) is 0.176. The van der Waals surface area contributed by atoms with Crippen LogP contribution in [-0.2, 0) is 0 Å². The molecule has 0 fully saturated rings. The van der Waals surface area contributed by atoms with Crippen molar-refractivity contribution >= 4 is 43.8 Å². The molecule has 7 heteroatoms. The molecule has 0 aliphatic carbocycles. The second-order valence-corrected chi connectivity index (χ2v) is 6.92. The summed E-state index contributed by atoms with van der Waals surface area (Å²) >= 11 is 6.53. The monoisotopic (exact) mass is 456 g/mol. The van der Waals surface area contributed by atoms with Gasteiger partial charge in [-0.25, -0.2) is 9.59 Å². The summed E-state index contributed by atoms with van der Waals surface area (Å²) in [6.45, 7) is 3.80. The molecule has 2 rings (SSSR count). The van der Waals surface area contributed by atoms with Gasteiger partial charge in [-0.2, -0.15) is 0 Å². The molecule has 0 amide bonds. The van der Waals surface area contributed by atoms with Crippen LogP contribution in [0.3, 0.4) is 0 Å². The Bertz CT molecular complexity index is 787. The van der Waals surface area contributed by atoms with Crippen molar-refractivity contribution in [1.82, 2.24) is 0 Å². The summed E-state index contributed by atoms with van der Waals surface area (Å²) in [5.74, 6) is -1.25. The van der Waals surface area contributed by atoms with Gasteiger partial charge in [0.15, 0.2) is 0 Å². The number of halogens is 2. The van der Waals surface area contributed by atoms with Crippen molar-refractivity contribution in [3.8, 4) is 11.5 Å². The number of carbonyl (C=O) groups excluding carboxylic acids is 1. The lowest BCUT2D eigenvalue weighted by molar-refractivity contribution is 0.0681. The summed E-state index contributed by atoms with van der Waals surface area (Å²) in [6.07, 6.45) is -0.00000757. The third-order valence-corrected chi connectivity index (χ3v) is 4.02. The zero-order valence-corrected chi connectivity index (χ0v) is 16.0. The van der Waals surface area contributed by atoms with Gasteiger partial charge in [-0.1, -0.05) is 15.9 Å². The van der Waals surface area contributed by atoms with E-state index in [1.807, 2.05) is 13.8 Å². The van der Waals surface area contributed by atoms with Crippen LogP contribution in [-0.4, -0.2) is 23.1 Å². The molecule has 0 heterocycles. The Morgan fingerprint density at radius 2 is 1.71 bits per heavy atom. The van der Waals surface area contributed by atoms with Gasteiger partial charge in [0.25, 0.3) is 0 Å². The van der Waals surface area contributed by atoms with E-state index in [1.54, 1.807) is 24.3 Å². The van der Waals surface area contributed by atoms with Crippen molar-refractivity contribution in [2.24, 2.45) is 0 Å². The van der Waals surface area contributed by atoms with E-state index < -0.39 is 11.9 Å². The number of carboxylic acids is 1. The molecule has 0 saturated carbocycles. The number of ether oxygens (including phenoxy) is 2. The predicted octanol–water partition coefficient (Wildman–Crippen LogP) is 4.92. The minimum absolute atomic E-state index is 0.00000757. The third-order valence-electron chi connectivity index (χ3n) is 2.90. The summed E-state index contributed by atoms with van der Waals surface area (Å²) in [4.78, 5) is 23.5. The average Bonchev–Trinajstić information content (AvgIpc) is 2.50. The van der Waals surface area contributed by atoms with Gasteiger partial charge in [-0.3, -0.25) is 0 Å². The number of hydrogen-bond acceptors (Lipinski definition) is 4. The Hall–Kier alpha value is -1.86. The zero-order chi connectivity index (χ0) is 17.9. The molecule has 5 nitrogen and oxygen atoms in total. The summed E-state index contributed by atoms with van der Waals surface area (Å²) in [7, 11) is 0. The minimum Gasteiger partial charge on any atom is -0.490 e. The molecule has 0 spiro atoms. The van der Waals surface area contributed by atoms with Crippen LogP contribution in [0, 0.1) is 0 Å². The van der Waals surface area contributed by atoms with Gasteiger partial charge in [0.1, 0.15) is 17.1 Å². The Balaban J connectivity index is 2.25. The number of aromatic carboxylic acids is 1. The largest absolute Gasteiger partial charge is 0.490 e. The van der Waals surface area contributed by atoms with Gasteiger partial charge < -0.3 is 14.6 Å². The number of benzene rings is 2. The lowest BCUT2D eigenvalue weighted by Crippen LogP contribution is -2.12. The van der Waals surface area contributed by atoms with Crippen molar-refractivity contribution in [3.05, 3.63) is 56.5 Å². The first-order valence-electron chi connectivity index (χ1n) is 6.99. The first-order valence-corrected chi connectivity index (χ1v) is 8.57. The van der Waals surface area contributed by atoms with Crippen LogP contribution in [0.5, 0.6) is 11.5 Å². The standard InChI is InChI=1S/C17H14Br2O5/c1-9(2)23-15-5-3-10(7-13(15)19)17(22)24-14-6-4-11(18)8-12(14)16(20)21/h3-9H,1-2H3,(H,20,21). The molecule has 24 heavy (non-hydrogen) atoms. The molecule has 0 bridgehead atoms. The van der Waals surface area contributed by atoms with Crippen molar-refractivity contribution in [1.29, 1.82) is 0 Å². The van der Waals surface area contributed by atoms with Crippen LogP contribution in [0.15, 0.2) is 45.3 Å². The van der Waals surface area contributed by atoms with Crippen LogP contribution in [0.1, 0.15) is 34.6 Å². The average molecular weight is 458 g/mol. The fourth-order valence-electron chi connectivity index (χ4n) is 1.89. The van der Waals surface area contributed by atoms with E-state index in [0.717, 1.165) is 0 Å². The van der Waals surface area contributed by atoms with E-state index in [-0.39, 0.29) is 23.0 Å². The van der Waals surface area contributed by atoms with E-state index >= 15 is 0 Å². The summed E-state index contributed by atoms with van der Waals surface area (Å²) < 4.78 is 12.0. The molecule has 0 unspecified atom stereocenters. The second kappa shape index (κ2) is 7.81. The van der Waals surface area contributed by atoms with Crippen LogP contribution in [0.2, 0.25) is 0 Å².